The quantitative estimate of drug-likeness (QED) is 0.358. The van der Waals surface area contributed by atoms with Gasteiger partial charge in [0.05, 0.1) is 17.9 Å². The second-order valence-corrected chi connectivity index (χ2v) is 11.0. The molecule has 2 N–H and O–H groups in total. The summed E-state index contributed by atoms with van der Waals surface area (Å²) in [6.07, 6.45) is 4.34. The van der Waals surface area contributed by atoms with E-state index >= 15 is 0 Å². The summed E-state index contributed by atoms with van der Waals surface area (Å²) < 4.78 is 71.4. The number of nitrogens with two attached hydrogens (primary N) is 1. The Morgan fingerprint density at radius 1 is 1.08 bits per heavy atom. The molecular weight excluding hydrogens is 507 g/mol. The minimum atomic E-state index is -3.67. The summed E-state index contributed by atoms with van der Waals surface area (Å²) in [5, 5.41) is 0. The van der Waals surface area contributed by atoms with Crippen LogP contribution in [0.4, 0.5) is 13.2 Å². The van der Waals surface area contributed by atoms with Crippen LogP contribution in [0.2, 0.25) is 0 Å². The van der Waals surface area contributed by atoms with Gasteiger partial charge in [0.25, 0.3) is 10.1 Å². The predicted molar refractivity (Wildman–Crippen MR) is 131 cm³/mol. The molecule has 1 saturated carbocycles. The molecule has 0 aliphatic heterocycles. The zero-order valence-corrected chi connectivity index (χ0v) is 21.0. The summed E-state index contributed by atoms with van der Waals surface area (Å²) >= 11 is 0. The molecule has 7 nitrogen and oxygen atoms in total. The average molecular weight is 534 g/mol. The van der Waals surface area contributed by atoms with Crippen LogP contribution >= 0.6 is 0 Å². The van der Waals surface area contributed by atoms with Gasteiger partial charge in [0.2, 0.25) is 0 Å². The molecule has 1 aliphatic carbocycles. The van der Waals surface area contributed by atoms with E-state index in [4.69, 9.17) is 9.92 Å². The highest BCUT2D eigenvalue weighted by Gasteiger charge is 2.37. The Bertz CT molecular complexity index is 1400. The zero-order chi connectivity index (χ0) is 26.9. The molecule has 4 atom stereocenters. The van der Waals surface area contributed by atoms with E-state index in [0.29, 0.717) is 18.4 Å². The van der Waals surface area contributed by atoms with Crippen molar-refractivity contribution in [3.05, 3.63) is 83.1 Å². The number of hydrogen-bond donors (Lipinski definition) is 1. The first kappa shape index (κ1) is 26.9. The van der Waals surface area contributed by atoms with Crippen LogP contribution in [0.25, 0.3) is 11.3 Å². The Morgan fingerprint density at radius 2 is 1.78 bits per heavy atom. The summed E-state index contributed by atoms with van der Waals surface area (Å²) in [6, 6.07) is 6.48. The summed E-state index contributed by atoms with van der Waals surface area (Å²) in [6.45, 7) is 1.86. The molecule has 11 heteroatoms. The summed E-state index contributed by atoms with van der Waals surface area (Å²) in [5.41, 5.74) is 6.32. The van der Waals surface area contributed by atoms with Crippen LogP contribution in [0.5, 0.6) is 0 Å². The molecule has 4 rings (SSSR count). The van der Waals surface area contributed by atoms with Crippen molar-refractivity contribution in [1.29, 1.82) is 0 Å². The van der Waals surface area contributed by atoms with E-state index in [1.807, 2.05) is 6.92 Å². The molecular formula is C26H26F3N3O4S. The summed E-state index contributed by atoms with van der Waals surface area (Å²) in [5.74, 6) is -3.69. The van der Waals surface area contributed by atoms with Crippen LogP contribution in [0.3, 0.4) is 0 Å². The van der Waals surface area contributed by atoms with Crippen molar-refractivity contribution >= 4 is 15.9 Å². The first-order valence-electron chi connectivity index (χ1n) is 11.7. The van der Waals surface area contributed by atoms with E-state index in [-0.39, 0.29) is 24.0 Å². The van der Waals surface area contributed by atoms with Gasteiger partial charge in [-0.1, -0.05) is 13.0 Å². The number of halogens is 3. The molecule has 3 aromatic rings. The molecule has 0 unspecified atom stereocenters. The van der Waals surface area contributed by atoms with Crippen LogP contribution in [-0.4, -0.2) is 42.6 Å². The minimum absolute atomic E-state index is 0.0838. The van der Waals surface area contributed by atoms with Gasteiger partial charge in [-0.05, 0) is 66.1 Å². The van der Waals surface area contributed by atoms with Crippen LogP contribution < -0.4 is 5.73 Å². The third-order valence-electron chi connectivity index (χ3n) is 6.55. The van der Waals surface area contributed by atoms with Crippen molar-refractivity contribution in [1.82, 2.24) is 9.97 Å². The van der Waals surface area contributed by atoms with Gasteiger partial charge in [-0.15, -0.1) is 0 Å². The second-order valence-electron chi connectivity index (χ2n) is 9.37. The summed E-state index contributed by atoms with van der Waals surface area (Å²) in [7, 11) is -3.67. The van der Waals surface area contributed by atoms with Crippen molar-refractivity contribution in [3.63, 3.8) is 0 Å². The normalized spacial score (nSPS) is 22.1. The van der Waals surface area contributed by atoms with Crippen LogP contribution in [0.15, 0.2) is 48.8 Å². The smallest absolute Gasteiger partial charge is 0.264 e. The fourth-order valence-electron chi connectivity index (χ4n) is 4.93. The monoisotopic (exact) mass is 533 g/mol. The number of benzene rings is 1. The average Bonchev–Trinajstić information content (AvgIpc) is 2.82. The number of carbonyl (C=O) groups is 1. The number of nitrogens with zero attached hydrogens (tertiary/aromatic N) is 2. The van der Waals surface area contributed by atoms with Gasteiger partial charge in [0, 0.05) is 24.9 Å². The highest BCUT2D eigenvalue weighted by Crippen LogP contribution is 2.39. The molecule has 0 spiro atoms. The molecule has 1 aromatic carbocycles. The maximum absolute atomic E-state index is 14.4. The number of pyridine rings is 2. The molecule has 1 aliphatic rings. The third-order valence-corrected chi connectivity index (χ3v) is 7.12. The lowest BCUT2D eigenvalue weighted by Crippen LogP contribution is -2.47. The lowest BCUT2D eigenvalue weighted by Gasteiger charge is -2.38. The minimum Gasteiger partial charge on any atom is -0.325 e. The Kier molecular flexibility index (Phi) is 7.77. The number of Topliss-reactive ketones (excluding diaryl/α,β-unsaturated/α-hetero) is 1. The SMILES string of the molecule is C[C@H]1C[C@@H](c2ccncc2CC(=O)c2ccc(F)c(-c3c(F)cccc3F)n2)C[C@@H](N)[C@H]1OS(C)(=O)=O. The van der Waals surface area contributed by atoms with E-state index in [9.17, 15) is 26.4 Å². The van der Waals surface area contributed by atoms with Crippen molar-refractivity contribution in [2.45, 2.75) is 44.2 Å². The van der Waals surface area contributed by atoms with Gasteiger partial charge < -0.3 is 5.73 Å². The molecule has 2 heterocycles. The standard InChI is InChI=1S/C26H26F3N3O4S/c1-14-10-15(11-21(30)26(14)36-37(2,34)35)17-8-9-31-13-16(17)12-23(33)22-7-6-20(29)25(32-22)24-18(27)4-3-5-19(24)28/h3-9,13-15,21,26H,10-12,30H2,1-2H3/t14-,15+,21+,26-/m0/s1. The molecule has 37 heavy (non-hydrogen) atoms. The van der Waals surface area contributed by atoms with Crippen molar-refractivity contribution < 1.29 is 30.6 Å². The van der Waals surface area contributed by atoms with Gasteiger partial charge >= 0.3 is 0 Å². The fraction of sp³-hybridized carbons (Fsp3) is 0.346. The lowest BCUT2D eigenvalue weighted by atomic mass is 9.74. The molecule has 2 aromatic heterocycles. The first-order chi connectivity index (χ1) is 17.4. The largest absolute Gasteiger partial charge is 0.325 e. The highest BCUT2D eigenvalue weighted by molar-refractivity contribution is 7.86. The Labute approximate surface area is 213 Å². The van der Waals surface area contributed by atoms with Crippen LogP contribution in [-0.2, 0) is 20.7 Å². The van der Waals surface area contributed by atoms with E-state index in [0.717, 1.165) is 36.1 Å². The topological polar surface area (TPSA) is 112 Å². The third kappa shape index (κ3) is 6.06. The Hall–Kier alpha value is -3.15. The molecule has 0 amide bonds. The first-order valence-corrected chi connectivity index (χ1v) is 13.5. The number of hydrogen-bond acceptors (Lipinski definition) is 7. The molecule has 1 fully saturated rings. The van der Waals surface area contributed by atoms with E-state index in [1.54, 1.807) is 18.5 Å². The maximum Gasteiger partial charge on any atom is 0.264 e. The lowest BCUT2D eigenvalue weighted by molar-refractivity contribution is 0.0801. The van der Waals surface area contributed by atoms with Gasteiger partial charge in [0.1, 0.15) is 28.8 Å². The van der Waals surface area contributed by atoms with Crippen molar-refractivity contribution in [2.75, 3.05) is 6.26 Å². The number of carbonyl (C=O) groups excluding carboxylic acids is 1. The second kappa shape index (κ2) is 10.7. The highest BCUT2D eigenvalue weighted by atomic mass is 32.2. The van der Waals surface area contributed by atoms with Gasteiger partial charge in [0.15, 0.2) is 5.78 Å². The van der Waals surface area contributed by atoms with E-state index in [2.05, 4.69) is 9.97 Å². The number of ketones is 1. The molecule has 0 bridgehead atoms. The van der Waals surface area contributed by atoms with Gasteiger partial charge in [-0.3, -0.25) is 14.0 Å². The van der Waals surface area contributed by atoms with Gasteiger partial charge in [-0.25, -0.2) is 18.2 Å². The van der Waals surface area contributed by atoms with E-state index < -0.39 is 56.8 Å². The molecule has 0 radical (unpaired) electrons. The molecule has 196 valence electrons. The Balaban J connectivity index is 1.59. The number of aromatic nitrogens is 2. The van der Waals surface area contributed by atoms with Crippen molar-refractivity contribution in [3.8, 4) is 11.3 Å². The van der Waals surface area contributed by atoms with Gasteiger partial charge in [-0.2, -0.15) is 8.42 Å². The number of rotatable bonds is 7. The van der Waals surface area contributed by atoms with Crippen LogP contribution in [0, 0.1) is 23.4 Å². The summed E-state index contributed by atoms with van der Waals surface area (Å²) in [4.78, 5) is 21.2. The van der Waals surface area contributed by atoms with Crippen molar-refractivity contribution in [2.24, 2.45) is 11.7 Å². The zero-order valence-electron chi connectivity index (χ0n) is 20.2. The van der Waals surface area contributed by atoms with Crippen LogP contribution in [0.1, 0.15) is 47.3 Å². The van der Waals surface area contributed by atoms with E-state index in [1.165, 1.54) is 6.07 Å². The fourth-order valence-corrected chi connectivity index (χ4v) is 5.67. The Morgan fingerprint density at radius 3 is 2.43 bits per heavy atom. The maximum atomic E-state index is 14.4. The predicted octanol–water partition coefficient (Wildman–Crippen LogP) is 4.17. The molecule has 0 saturated heterocycles.